The lowest BCUT2D eigenvalue weighted by molar-refractivity contribution is -0.119. The maximum Gasteiger partial charge on any atom is 0.261 e. The lowest BCUT2D eigenvalue weighted by Gasteiger charge is -2.20. The molecule has 0 unspecified atom stereocenters. The maximum atomic E-state index is 13.0. The van der Waals surface area contributed by atoms with Gasteiger partial charge < -0.3 is 9.80 Å². The zero-order valence-electron chi connectivity index (χ0n) is 17.4. The second-order valence-electron chi connectivity index (χ2n) is 8.56. The summed E-state index contributed by atoms with van der Waals surface area (Å²) in [7, 11) is -3.80. The van der Waals surface area contributed by atoms with Gasteiger partial charge in [-0.15, -0.1) is 0 Å². The van der Waals surface area contributed by atoms with E-state index >= 15 is 0 Å². The van der Waals surface area contributed by atoms with Crippen LogP contribution in [0.4, 0.5) is 17.1 Å². The fourth-order valence-electron chi connectivity index (χ4n) is 4.41. The van der Waals surface area contributed by atoms with E-state index in [1.54, 1.807) is 40.1 Å². The number of amides is 2. The number of nitrogens with one attached hydrogen (secondary N) is 1. The molecule has 0 bridgehead atoms. The molecule has 8 heteroatoms. The number of carbonyl (C=O) groups excluding carboxylic acids is 2. The van der Waals surface area contributed by atoms with Crippen LogP contribution in [0.2, 0.25) is 0 Å². The molecule has 7 nitrogen and oxygen atoms in total. The third kappa shape index (κ3) is 3.69. The number of anilines is 3. The number of hydrogen-bond donors (Lipinski definition) is 1. The minimum Gasteiger partial charge on any atom is -0.312 e. The Bertz CT molecular complexity index is 1190. The fraction of sp³-hybridized carbons (Fsp3) is 0.391. The summed E-state index contributed by atoms with van der Waals surface area (Å²) in [6, 6.07) is 10.2. The van der Waals surface area contributed by atoms with Gasteiger partial charge in [-0.1, -0.05) is 6.07 Å². The molecular formula is C23H25N3O4S. The number of aryl methyl sites for hydroxylation is 1. The molecule has 0 aromatic heterocycles. The lowest BCUT2D eigenvalue weighted by Crippen LogP contribution is -2.30. The molecule has 1 aliphatic carbocycles. The van der Waals surface area contributed by atoms with Crippen LogP contribution < -0.4 is 14.5 Å². The summed E-state index contributed by atoms with van der Waals surface area (Å²) in [6.45, 7) is 3.16. The standard InChI is InChI=1S/C23H25N3O4S/c1-15-4-7-18(14-21(15)25-11-2-3-22(25)27)24-31(29,30)19-8-9-20-17(13-19)10-12-26(20)23(28)16-5-6-16/h4,7-9,13-14,16,24H,2-3,5-6,10-12H2,1H3. The summed E-state index contributed by atoms with van der Waals surface area (Å²) < 4.78 is 28.7. The molecule has 162 valence electrons. The van der Waals surface area contributed by atoms with E-state index in [2.05, 4.69) is 4.72 Å². The normalized spacial score (nSPS) is 18.4. The van der Waals surface area contributed by atoms with Gasteiger partial charge in [0.2, 0.25) is 11.8 Å². The molecule has 1 N–H and O–H groups in total. The van der Waals surface area contributed by atoms with Gasteiger partial charge >= 0.3 is 0 Å². The van der Waals surface area contributed by atoms with Crippen molar-refractivity contribution >= 4 is 38.9 Å². The predicted octanol–water partition coefficient (Wildman–Crippen LogP) is 3.22. The van der Waals surface area contributed by atoms with Gasteiger partial charge in [0, 0.05) is 36.8 Å². The average Bonchev–Trinajstić information content (AvgIpc) is 3.37. The Morgan fingerprint density at radius 2 is 1.84 bits per heavy atom. The first-order valence-corrected chi connectivity index (χ1v) is 12.2. The van der Waals surface area contributed by atoms with E-state index in [1.807, 2.05) is 13.0 Å². The molecule has 31 heavy (non-hydrogen) atoms. The first-order chi connectivity index (χ1) is 14.8. The van der Waals surface area contributed by atoms with Gasteiger partial charge in [0.05, 0.1) is 10.6 Å². The number of fused-ring (bicyclic) bond motifs is 1. The second-order valence-corrected chi connectivity index (χ2v) is 10.2. The highest BCUT2D eigenvalue weighted by Gasteiger charge is 2.36. The van der Waals surface area contributed by atoms with Crippen LogP contribution in [0.25, 0.3) is 0 Å². The first-order valence-electron chi connectivity index (χ1n) is 10.7. The first kappa shape index (κ1) is 20.1. The minimum absolute atomic E-state index is 0.0621. The van der Waals surface area contributed by atoms with Crippen molar-refractivity contribution in [2.45, 2.75) is 43.9 Å². The van der Waals surface area contributed by atoms with Gasteiger partial charge in [0.15, 0.2) is 0 Å². The van der Waals surface area contributed by atoms with E-state index < -0.39 is 10.0 Å². The van der Waals surface area contributed by atoms with E-state index in [1.165, 1.54) is 0 Å². The minimum atomic E-state index is -3.80. The third-order valence-corrected chi connectivity index (χ3v) is 7.65. The van der Waals surface area contributed by atoms with Crippen LogP contribution >= 0.6 is 0 Å². The van der Waals surface area contributed by atoms with Crippen molar-refractivity contribution in [3.05, 3.63) is 47.5 Å². The lowest BCUT2D eigenvalue weighted by atomic mass is 10.1. The van der Waals surface area contributed by atoms with Crippen LogP contribution in [-0.2, 0) is 26.0 Å². The molecule has 0 atom stereocenters. The fourth-order valence-corrected chi connectivity index (χ4v) is 5.51. The van der Waals surface area contributed by atoms with Crippen molar-refractivity contribution in [1.29, 1.82) is 0 Å². The van der Waals surface area contributed by atoms with Crippen LogP contribution in [0.5, 0.6) is 0 Å². The zero-order valence-corrected chi connectivity index (χ0v) is 18.2. The molecule has 0 radical (unpaired) electrons. The number of hydrogen-bond acceptors (Lipinski definition) is 4. The highest BCUT2D eigenvalue weighted by molar-refractivity contribution is 7.92. The Balaban J connectivity index is 1.39. The number of rotatable bonds is 5. The molecule has 5 rings (SSSR count). The van der Waals surface area contributed by atoms with E-state index in [9.17, 15) is 18.0 Å². The topological polar surface area (TPSA) is 86.8 Å². The smallest absolute Gasteiger partial charge is 0.261 e. The molecule has 2 amide bonds. The molecule has 2 aromatic carbocycles. The van der Waals surface area contributed by atoms with Gasteiger partial charge in [-0.25, -0.2) is 8.42 Å². The molecular weight excluding hydrogens is 414 g/mol. The number of sulfonamides is 1. The maximum absolute atomic E-state index is 13.0. The molecule has 2 heterocycles. The summed E-state index contributed by atoms with van der Waals surface area (Å²) in [5, 5.41) is 0. The summed E-state index contributed by atoms with van der Waals surface area (Å²) in [5.41, 5.74) is 3.79. The van der Waals surface area contributed by atoms with Crippen LogP contribution in [0.3, 0.4) is 0 Å². The van der Waals surface area contributed by atoms with Crippen LogP contribution in [0, 0.1) is 12.8 Å². The third-order valence-electron chi connectivity index (χ3n) is 6.27. The Morgan fingerprint density at radius 1 is 1.03 bits per heavy atom. The van der Waals surface area contributed by atoms with Crippen LogP contribution in [-0.4, -0.2) is 33.3 Å². The summed E-state index contributed by atoms with van der Waals surface area (Å²) in [6.07, 6.45) is 3.88. The molecule has 3 aliphatic rings. The van der Waals surface area contributed by atoms with Crippen molar-refractivity contribution in [3.63, 3.8) is 0 Å². The zero-order chi connectivity index (χ0) is 21.8. The van der Waals surface area contributed by atoms with E-state index in [0.717, 1.165) is 41.8 Å². The molecule has 2 fully saturated rings. The summed E-state index contributed by atoms with van der Waals surface area (Å²) >= 11 is 0. The monoisotopic (exact) mass is 439 g/mol. The quantitative estimate of drug-likeness (QED) is 0.775. The number of carbonyl (C=O) groups is 2. The van der Waals surface area contributed by atoms with E-state index in [4.69, 9.17) is 0 Å². The largest absolute Gasteiger partial charge is 0.312 e. The van der Waals surface area contributed by atoms with Crippen LogP contribution in [0.15, 0.2) is 41.3 Å². The highest BCUT2D eigenvalue weighted by atomic mass is 32.2. The Hall–Kier alpha value is -2.87. The Kier molecular flexibility index (Phi) is 4.77. The SMILES string of the molecule is Cc1ccc(NS(=O)(=O)c2ccc3c(c2)CCN3C(=O)C2CC2)cc1N1CCCC1=O. The van der Waals surface area contributed by atoms with Gasteiger partial charge in [-0.05, 0) is 74.1 Å². The number of nitrogens with zero attached hydrogens (tertiary/aromatic N) is 2. The van der Waals surface area contributed by atoms with Gasteiger partial charge in [-0.2, -0.15) is 0 Å². The number of benzene rings is 2. The van der Waals surface area contributed by atoms with E-state index in [-0.39, 0.29) is 22.6 Å². The van der Waals surface area contributed by atoms with Crippen molar-refractivity contribution in [1.82, 2.24) is 0 Å². The van der Waals surface area contributed by atoms with Gasteiger partial charge in [-0.3, -0.25) is 14.3 Å². The summed E-state index contributed by atoms with van der Waals surface area (Å²) in [4.78, 5) is 28.3. The van der Waals surface area contributed by atoms with Crippen LogP contribution in [0.1, 0.15) is 36.8 Å². The van der Waals surface area contributed by atoms with Crippen molar-refractivity contribution < 1.29 is 18.0 Å². The van der Waals surface area contributed by atoms with E-state index in [0.29, 0.717) is 31.6 Å². The van der Waals surface area contributed by atoms with Crippen molar-refractivity contribution in [2.75, 3.05) is 27.6 Å². The van der Waals surface area contributed by atoms with Crippen molar-refractivity contribution in [2.24, 2.45) is 5.92 Å². The predicted molar refractivity (Wildman–Crippen MR) is 119 cm³/mol. The molecule has 1 saturated carbocycles. The second kappa shape index (κ2) is 7.37. The summed E-state index contributed by atoms with van der Waals surface area (Å²) in [5.74, 6) is 0.345. The molecule has 0 spiro atoms. The van der Waals surface area contributed by atoms with Crippen molar-refractivity contribution in [3.8, 4) is 0 Å². The molecule has 2 aromatic rings. The highest BCUT2D eigenvalue weighted by Crippen LogP contribution is 2.37. The Morgan fingerprint density at radius 3 is 2.55 bits per heavy atom. The molecule has 2 aliphatic heterocycles. The molecule has 1 saturated heterocycles. The van der Waals surface area contributed by atoms with Gasteiger partial charge in [0.1, 0.15) is 0 Å². The van der Waals surface area contributed by atoms with Gasteiger partial charge in [0.25, 0.3) is 10.0 Å². The Labute approximate surface area is 182 Å². The average molecular weight is 440 g/mol.